The van der Waals surface area contributed by atoms with E-state index in [0.29, 0.717) is 18.1 Å². The van der Waals surface area contributed by atoms with Crippen molar-refractivity contribution in [3.63, 3.8) is 0 Å². The summed E-state index contributed by atoms with van der Waals surface area (Å²) in [5.41, 5.74) is 5.09. The van der Waals surface area contributed by atoms with E-state index in [1.807, 2.05) is 31.3 Å². The molecule has 0 atom stereocenters. The first-order chi connectivity index (χ1) is 12.9. The number of carbonyl (C=O) groups is 1. The minimum absolute atomic E-state index is 0.185. The minimum Gasteiger partial charge on any atom is -0.360 e. The third kappa shape index (κ3) is 5.02. The molecule has 1 saturated heterocycles. The summed E-state index contributed by atoms with van der Waals surface area (Å²) in [5.74, 6) is 0.185. The summed E-state index contributed by atoms with van der Waals surface area (Å²) in [6, 6.07) is 14.2. The van der Waals surface area contributed by atoms with Crippen molar-refractivity contribution >= 4 is 23.2 Å². The summed E-state index contributed by atoms with van der Waals surface area (Å²) in [7, 11) is 1.87. The van der Waals surface area contributed by atoms with E-state index in [0.717, 1.165) is 31.7 Å². The van der Waals surface area contributed by atoms with Crippen molar-refractivity contribution in [2.45, 2.75) is 20.4 Å². The summed E-state index contributed by atoms with van der Waals surface area (Å²) in [6.45, 7) is 9.47. The Morgan fingerprint density at radius 2 is 1.85 bits per heavy atom. The molecule has 0 saturated carbocycles. The van der Waals surface area contributed by atoms with E-state index in [1.54, 1.807) is 4.90 Å². The number of quaternary nitrogens is 1. The summed E-state index contributed by atoms with van der Waals surface area (Å²) >= 11 is 6.04. The van der Waals surface area contributed by atoms with Crippen molar-refractivity contribution < 1.29 is 9.69 Å². The van der Waals surface area contributed by atoms with Crippen LogP contribution in [0.1, 0.15) is 16.7 Å². The second-order valence-corrected chi connectivity index (χ2v) is 7.95. The molecule has 2 aromatic carbocycles. The molecule has 144 valence electrons. The molecule has 1 amide bonds. The topological polar surface area (TPSA) is 28.0 Å². The van der Waals surface area contributed by atoms with Crippen LogP contribution in [0.25, 0.3) is 0 Å². The molecule has 0 aliphatic carbocycles. The maximum atomic E-state index is 12.6. The zero-order valence-corrected chi connectivity index (χ0v) is 17.2. The molecule has 0 unspecified atom stereocenters. The Morgan fingerprint density at radius 1 is 1.15 bits per heavy atom. The first kappa shape index (κ1) is 19.7. The van der Waals surface area contributed by atoms with Crippen LogP contribution in [0.3, 0.4) is 0 Å². The van der Waals surface area contributed by atoms with Gasteiger partial charge in [-0.3, -0.25) is 4.79 Å². The summed E-state index contributed by atoms with van der Waals surface area (Å²) in [5, 5.41) is 0.710. The Balaban J connectivity index is 1.51. The lowest BCUT2D eigenvalue weighted by atomic mass is 10.1. The van der Waals surface area contributed by atoms with Gasteiger partial charge in [0.15, 0.2) is 6.54 Å². The van der Waals surface area contributed by atoms with Crippen molar-refractivity contribution in [3.8, 4) is 0 Å². The van der Waals surface area contributed by atoms with E-state index >= 15 is 0 Å². The van der Waals surface area contributed by atoms with Gasteiger partial charge in [-0.15, -0.1) is 0 Å². The van der Waals surface area contributed by atoms with Crippen LogP contribution >= 0.6 is 11.6 Å². The highest BCUT2D eigenvalue weighted by atomic mass is 35.5. The lowest BCUT2D eigenvalue weighted by Crippen LogP contribution is -3.15. The second-order valence-electron chi connectivity index (χ2n) is 7.51. The van der Waals surface area contributed by atoms with Crippen molar-refractivity contribution in [2.75, 3.05) is 44.7 Å². The zero-order chi connectivity index (χ0) is 19.4. The number of piperazine rings is 1. The largest absolute Gasteiger partial charge is 0.360 e. The molecule has 1 aliphatic heterocycles. The van der Waals surface area contributed by atoms with Crippen molar-refractivity contribution in [1.82, 2.24) is 4.90 Å². The smallest absolute Gasteiger partial charge is 0.277 e. The summed E-state index contributed by atoms with van der Waals surface area (Å²) in [6.07, 6.45) is 0. The number of rotatable bonds is 5. The molecule has 27 heavy (non-hydrogen) atoms. The molecule has 3 rings (SSSR count). The SMILES string of the molecule is Cc1cccc(N2CC[NH+](CC(=O)N(C)Cc3cccc(Cl)c3)CC2)c1C. The molecular weight excluding hydrogens is 358 g/mol. The minimum atomic E-state index is 0.185. The number of anilines is 1. The fourth-order valence-corrected chi connectivity index (χ4v) is 3.88. The lowest BCUT2D eigenvalue weighted by molar-refractivity contribution is -0.892. The van der Waals surface area contributed by atoms with Crippen LogP contribution in [0.15, 0.2) is 42.5 Å². The predicted octanol–water partition coefficient (Wildman–Crippen LogP) is 2.32. The number of amides is 1. The molecule has 0 bridgehead atoms. The van der Waals surface area contributed by atoms with Gasteiger partial charge in [0.25, 0.3) is 5.91 Å². The molecule has 0 aromatic heterocycles. The molecule has 0 spiro atoms. The molecule has 5 heteroatoms. The van der Waals surface area contributed by atoms with E-state index in [9.17, 15) is 4.79 Å². The maximum Gasteiger partial charge on any atom is 0.277 e. The molecule has 1 aliphatic rings. The average molecular weight is 387 g/mol. The molecule has 0 radical (unpaired) electrons. The number of nitrogens with one attached hydrogen (secondary N) is 1. The van der Waals surface area contributed by atoms with Crippen LogP contribution < -0.4 is 9.80 Å². The second kappa shape index (κ2) is 8.77. The monoisotopic (exact) mass is 386 g/mol. The van der Waals surface area contributed by atoms with Crippen LogP contribution in [-0.2, 0) is 11.3 Å². The van der Waals surface area contributed by atoms with E-state index in [2.05, 4.69) is 36.9 Å². The van der Waals surface area contributed by atoms with Crippen LogP contribution in [0.4, 0.5) is 5.69 Å². The van der Waals surface area contributed by atoms with Gasteiger partial charge in [0, 0.05) is 24.3 Å². The number of likely N-dealkylation sites (N-methyl/N-ethyl adjacent to an activating group) is 1. The molecule has 1 heterocycles. The number of nitrogens with zero attached hydrogens (tertiary/aromatic N) is 2. The molecule has 1 fully saturated rings. The van der Waals surface area contributed by atoms with Gasteiger partial charge in [-0.2, -0.15) is 0 Å². The van der Waals surface area contributed by atoms with Gasteiger partial charge in [-0.1, -0.05) is 35.9 Å². The fraction of sp³-hybridized carbons (Fsp3) is 0.409. The molecule has 1 N–H and O–H groups in total. The Hall–Kier alpha value is -2.04. The van der Waals surface area contributed by atoms with Crippen molar-refractivity contribution in [2.24, 2.45) is 0 Å². The van der Waals surface area contributed by atoms with Gasteiger partial charge >= 0.3 is 0 Å². The van der Waals surface area contributed by atoms with Gasteiger partial charge in [0.1, 0.15) is 0 Å². The number of benzene rings is 2. The number of halogens is 1. The van der Waals surface area contributed by atoms with Crippen LogP contribution in [0.2, 0.25) is 5.02 Å². The van der Waals surface area contributed by atoms with Gasteiger partial charge in [-0.25, -0.2) is 0 Å². The Labute approximate surface area is 167 Å². The van der Waals surface area contributed by atoms with E-state index in [-0.39, 0.29) is 5.91 Å². The molecular formula is C22H29ClN3O+. The Kier molecular flexibility index (Phi) is 6.40. The van der Waals surface area contributed by atoms with E-state index in [1.165, 1.54) is 21.7 Å². The van der Waals surface area contributed by atoms with Gasteiger partial charge < -0.3 is 14.7 Å². The quantitative estimate of drug-likeness (QED) is 0.854. The first-order valence-corrected chi connectivity index (χ1v) is 9.95. The average Bonchev–Trinajstić information content (AvgIpc) is 2.65. The van der Waals surface area contributed by atoms with Crippen molar-refractivity contribution in [3.05, 3.63) is 64.2 Å². The number of aryl methyl sites for hydroxylation is 1. The normalized spacial score (nSPS) is 15.0. The Bertz CT molecular complexity index is 800. The highest BCUT2D eigenvalue weighted by molar-refractivity contribution is 6.30. The van der Waals surface area contributed by atoms with Crippen LogP contribution in [-0.4, -0.2) is 50.6 Å². The molecule has 2 aromatic rings. The van der Waals surface area contributed by atoms with Crippen molar-refractivity contribution in [1.29, 1.82) is 0 Å². The van der Waals surface area contributed by atoms with Gasteiger partial charge in [0.05, 0.1) is 26.2 Å². The summed E-state index contributed by atoms with van der Waals surface area (Å²) < 4.78 is 0. The fourth-order valence-electron chi connectivity index (χ4n) is 3.66. The van der Waals surface area contributed by atoms with E-state index in [4.69, 9.17) is 11.6 Å². The standard InChI is InChI=1S/C22H28ClN3O/c1-17-6-4-9-21(18(17)2)26-12-10-25(11-13-26)16-22(27)24(3)15-19-7-5-8-20(23)14-19/h4-9,14H,10-13,15-16H2,1-3H3/p+1. The zero-order valence-electron chi connectivity index (χ0n) is 16.5. The van der Waals surface area contributed by atoms with Gasteiger partial charge in [0.2, 0.25) is 0 Å². The lowest BCUT2D eigenvalue weighted by Gasteiger charge is -2.35. The summed E-state index contributed by atoms with van der Waals surface area (Å²) in [4.78, 5) is 18.2. The van der Waals surface area contributed by atoms with Crippen LogP contribution in [0, 0.1) is 13.8 Å². The maximum absolute atomic E-state index is 12.6. The number of hydrogen-bond acceptors (Lipinski definition) is 2. The number of carbonyl (C=O) groups excluding carboxylic acids is 1. The number of hydrogen-bond donors (Lipinski definition) is 1. The third-order valence-electron chi connectivity index (χ3n) is 5.52. The predicted molar refractivity (Wildman–Crippen MR) is 112 cm³/mol. The van der Waals surface area contributed by atoms with E-state index < -0.39 is 0 Å². The Morgan fingerprint density at radius 3 is 2.56 bits per heavy atom. The molecule has 4 nitrogen and oxygen atoms in total. The highest BCUT2D eigenvalue weighted by Crippen LogP contribution is 2.22. The third-order valence-corrected chi connectivity index (χ3v) is 5.76. The first-order valence-electron chi connectivity index (χ1n) is 9.57. The van der Waals surface area contributed by atoms with Crippen LogP contribution in [0.5, 0.6) is 0 Å². The highest BCUT2D eigenvalue weighted by Gasteiger charge is 2.24. The van der Waals surface area contributed by atoms with Gasteiger partial charge in [-0.05, 0) is 48.7 Å².